The third kappa shape index (κ3) is 2.41. The Morgan fingerprint density at radius 3 is 2.88 bits per heavy atom. The van der Waals surface area contributed by atoms with Gasteiger partial charge < -0.3 is 0 Å². The second-order valence-electron chi connectivity index (χ2n) is 3.10. The Balaban J connectivity index is 2.37. The van der Waals surface area contributed by atoms with Gasteiger partial charge in [-0.25, -0.2) is 4.98 Å². The van der Waals surface area contributed by atoms with Crippen LogP contribution in [0.4, 0.5) is 0 Å². The van der Waals surface area contributed by atoms with Gasteiger partial charge in [-0.15, -0.1) is 0 Å². The molecule has 0 radical (unpaired) electrons. The molecular formula is C10H7ClIN3O. The standard InChI is InChI=1S/C10H7ClIN3O/c11-9-8(12)10(16)15(6-14-9)5-7-3-1-2-4-13-7/h1-4,6H,5H2. The summed E-state index contributed by atoms with van der Waals surface area (Å²) in [5.74, 6) is 0. The van der Waals surface area contributed by atoms with Gasteiger partial charge in [-0.3, -0.25) is 14.3 Å². The van der Waals surface area contributed by atoms with E-state index in [-0.39, 0.29) is 10.7 Å². The molecular weight excluding hydrogens is 340 g/mol. The topological polar surface area (TPSA) is 47.8 Å². The average molecular weight is 348 g/mol. The second-order valence-corrected chi connectivity index (χ2v) is 4.54. The van der Waals surface area contributed by atoms with Gasteiger partial charge >= 0.3 is 0 Å². The Bertz CT molecular complexity index is 556. The molecule has 0 spiro atoms. The van der Waals surface area contributed by atoms with Gasteiger partial charge in [0.1, 0.15) is 8.72 Å². The highest BCUT2D eigenvalue weighted by molar-refractivity contribution is 14.1. The van der Waals surface area contributed by atoms with E-state index in [9.17, 15) is 4.79 Å². The van der Waals surface area contributed by atoms with E-state index >= 15 is 0 Å². The molecule has 2 aromatic heterocycles. The van der Waals surface area contributed by atoms with Crippen LogP contribution in [0.2, 0.25) is 5.15 Å². The number of hydrogen-bond donors (Lipinski definition) is 0. The molecule has 0 aliphatic heterocycles. The first-order valence-corrected chi connectivity index (χ1v) is 5.94. The normalized spacial score (nSPS) is 10.4. The lowest BCUT2D eigenvalue weighted by Crippen LogP contribution is -2.24. The van der Waals surface area contributed by atoms with Crippen molar-refractivity contribution in [2.45, 2.75) is 6.54 Å². The van der Waals surface area contributed by atoms with Crippen LogP contribution in [0, 0.1) is 3.57 Å². The maximum atomic E-state index is 11.8. The summed E-state index contributed by atoms with van der Waals surface area (Å²) in [6.07, 6.45) is 3.12. The van der Waals surface area contributed by atoms with Crippen molar-refractivity contribution in [3.63, 3.8) is 0 Å². The van der Waals surface area contributed by atoms with Crippen molar-refractivity contribution in [1.82, 2.24) is 14.5 Å². The van der Waals surface area contributed by atoms with E-state index in [1.165, 1.54) is 10.9 Å². The molecule has 0 unspecified atom stereocenters. The summed E-state index contributed by atoms with van der Waals surface area (Å²) >= 11 is 7.63. The van der Waals surface area contributed by atoms with Crippen molar-refractivity contribution in [2.24, 2.45) is 0 Å². The smallest absolute Gasteiger partial charge is 0.268 e. The number of halogens is 2. The van der Waals surface area contributed by atoms with Crippen LogP contribution in [0.15, 0.2) is 35.5 Å². The summed E-state index contributed by atoms with van der Waals surface area (Å²) in [5.41, 5.74) is 0.663. The summed E-state index contributed by atoms with van der Waals surface area (Å²) in [5, 5.41) is 0.239. The molecule has 0 aliphatic rings. The van der Waals surface area contributed by atoms with Crippen LogP contribution in [0.25, 0.3) is 0 Å². The molecule has 82 valence electrons. The Morgan fingerprint density at radius 1 is 1.38 bits per heavy atom. The summed E-state index contributed by atoms with van der Waals surface area (Å²) < 4.78 is 1.91. The van der Waals surface area contributed by atoms with Crippen molar-refractivity contribution in [3.05, 3.63) is 55.5 Å². The molecule has 0 N–H and O–H groups in total. The van der Waals surface area contributed by atoms with Crippen LogP contribution < -0.4 is 5.56 Å². The highest BCUT2D eigenvalue weighted by Crippen LogP contribution is 2.09. The number of pyridine rings is 1. The first-order chi connectivity index (χ1) is 7.68. The van der Waals surface area contributed by atoms with Crippen LogP contribution in [0.1, 0.15) is 5.69 Å². The molecule has 0 atom stereocenters. The van der Waals surface area contributed by atoms with Gasteiger partial charge in [0.05, 0.1) is 18.6 Å². The molecule has 2 heterocycles. The Morgan fingerprint density at radius 2 is 2.19 bits per heavy atom. The summed E-state index contributed by atoms with van der Waals surface area (Å²) in [6.45, 7) is 0.403. The van der Waals surface area contributed by atoms with Gasteiger partial charge in [0, 0.05) is 6.20 Å². The number of aromatic nitrogens is 3. The summed E-state index contributed by atoms with van der Waals surface area (Å²) in [6, 6.07) is 5.56. The predicted octanol–water partition coefficient (Wildman–Crippen LogP) is 1.94. The lowest BCUT2D eigenvalue weighted by molar-refractivity contribution is 0.714. The zero-order valence-corrected chi connectivity index (χ0v) is 11.0. The number of rotatable bonds is 2. The van der Waals surface area contributed by atoms with E-state index in [4.69, 9.17) is 11.6 Å². The maximum Gasteiger partial charge on any atom is 0.268 e. The Labute approximate surface area is 110 Å². The van der Waals surface area contributed by atoms with Crippen LogP contribution in [0.3, 0.4) is 0 Å². The minimum absolute atomic E-state index is 0.147. The molecule has 16 heavy (non-hydrogen) atoms. The quantitative estimate of drug-likeness (QED) is 0.616. The molecule has 0 amide bonds. The largest absolute Gasteiger partial charge is 0.292 e. The molecule has 0 bridgehead atoms. The van der Waals surface area contributed by atoms with Crippen molar-refractivity contribution in [2.75, 3.05) is 0 Å². The van der Waals surface area contributed by atoms with E-state index in [0.717, 1.165) is 5.69 Å². The third-order valence-corrected chi connectivity index (χ3v) is 3.58. The van der Waals surface area contributed by atoms with E-state index in [2.05, 4.69) is 9.97 Å². The van der Waals surface area contributed by atoms with Gasteiger partial charge in [-0.05, 0) is 34.7 Å². The number of nitrogens with zero attached hydrogens (tertiary/aromatic N) is 3. The Hall–Kier alpha value is -0.950. The fraction of sp³-hybridized carbons (Fsp3) is 0.100. The van der Waals surface area contributed by atoms with Gasteiger partial charge in [0.2, 0.25) is 0 Å². The van der Waals surface area contributed by atoms with Gasteiger partial charge in [0.25, 0.3) is 5.56 Å². The number of hydrogen-bond acceptors (Lipinski definition) is 3. The second kappa shape index (κ2) is 4.92. The Kier molecular flexibility index (Phi) is 3.55. The van der Waals surface area contributed by atoms with E-state index in [1.54, 1.807) is 6.20 Å². The zero-order chi connectivity index (χ0) is 11.5. The minimum Gasteiger partial charge on any atom is -0.292 e. The molecule has 0 aromatic carbocycles. The summed E-state index contributed by atoms with van der Waals surface area (Å²) in [4.78, 5) is 19.9. The molecule has 4 nitrogen and oxygen atoms in total. The first-order valence-electron chi connectivity index (χ1n) is 4.49. The third-order valence-electron chi connectivity index (χ3n) is 2.00. The van der Waals surface area contributed by atoms with Crippen LogP contribution in [-0.2, 0) is 6.54 Å². The van der Waals surface area contributed by atoms with Crippen molar-refractivity contribution in [3.8, 4) is 0 Å². The fourth-order valence-corrected chi connectivity index (χ4v) is 1.80. The fourth-order valence-electron chi connectivity index (χ4n) is 1.22. The maximum absolute atomic E-state index is 11.8. The van der Waals surface area contributed by atoms with Crippen LogP contribution in [-0.4, -0.2) is 14.5 Å². The predicted molar refractivity (Wildman–Crippen MR) is 69.6 cm³/mol. The highest BCUT2D eigenvalue weighted by atomic mass is 127. The van der Waals surface area contributed by atoms with Crippen molar-refractivity contribution >= 4 is 34.2 Å². The minimum atomic E-state index is -0.147. The van der Waals surface area contributed by atoms with Crippen LogP contribution in [0.5, 0.6) is 0 Å². The lowest BCUT2D eigenvalue weighted by Gasteiger charge is -2.05. The monoisotopic (exact) mass is 347 g/mol. The van der Waals surface area contributed by atoms with Crippen molar-refractivity contribution in [1.29, 1.82) is 0 Å². The summed E-state index contributed by atoms with van der Waals surface area (Å²) in [7, 11) is 0. The van der Waals surface area contributed by atoms with E-state index in [1.807, 2.05) is 40.8 Å². The van der Waals surface area contributed by atoms with Gasteiger partial charge in [-0.1, -0.05) is 17.7 Å². The van der Waals surface area contributed by atoms with Crippen molar-refractivity contribution < 1.29 is 0 Å². The van der Waals surface area contributed by atoms with E-state index in [0.29, 0.717) is 10.1 Å². The first kappa shape index (κ1) is 11.5. The van der Waals surface area contributed by atoms with E-state index < -0.39 is 0 Å². The molecule has 0 fully saturated rings. The molecule has 0 saturated carbocycles. The molecule has 2 rings (SSSR count). The van der Waals surface area contributed by atoms with Gasteiger partial charge in [-0.2, -0.15) is 0 Å². The van der Waals surface area contributed by atoms with Gasteiger partial charge in [0.15, 0.2) is 0 Å². The zero-order valence-electron chi connectivity index (χ0n) is 8.10. The SMILES string of the molecule is O=c1c(I)c(Cl)ncn1Cc1ccccn1. The van der Waals surface area contributed by atoms with Crippen LogP contribution >= 0.6 is 34.2 Å². The molecule has 2 aromatic rings. The highest BCUT2D eigenvalue weighted by Gasteiger charge is 2.07. The average Bonchev–Trinajstić information content (AvgIpc) is 2.31. The molecule has 0 saturated heterocycles. The molecule has 0 aliphatic carbocycles. The lowest BCUT2D eigenvalue weighted by atomic mass is 10.3. The molecule has 6 heteroatoms.